The van der Waals surface area contributed by atoms with E-state index in [0.29, 0.717) is 48.6 Å². The van der Waals surface area contributed by atoms with Gasteiger partial charge >= 0.3 is 6.18 Å². The lowest BCUT2D eigenvalue weighted by molar-refractivity contribution is -0.137. The van der Waals surface area contributed by atoms with Crippen molar-refractivity contribution in [1.29, 1.82) is 0 Å². The number of halogens is 3. The van der Waals surface area contributed by atoms with Crippen molar-refractivity contribution in [2.45, 2.75) is 24.9 Å². The number of amides is 2. The maximum atomic E-state index is 13.6. The first kappa shape index (κ1) is 30.9. The molecule has 7 rings (SSSR count). The van der Waals surface area contributed by atoms with E-state index in [4.69, 9.17) is 4.98 Å². The van der Waals surface area contributed by atoms with Crippen LogP contribution in [0.2, 0.25) is 0 Å². The minimum Gasteiger partial charge on any atom is -0.367 e. The highest BCUT2D eigenvalue weighted by Crippen LogP contribution is 2.35. The third kappa shape index (κ3) is 6.34. The summed E-state index contributed by atoms with van der Waals surface area (Å²) in [6.07, 6.45) is -2.98. The summed E-state index contributed by atoms with van der Waals surface area (Å²) in [5.74, 6) is -0.0341. The summed E-state index contributed by atoms with van der Waals surface area (Å²) in [6.45, 7) is 3.83. The molecular weight excluding hydrogens is 621 g/mol. The Hall–Kier alpha value is -4.70. The molecule has 4 aromatic carbocycles. The second-order valence-electron chi connectivity index (χ2n) is 12.0. The quantitative estimate of drug-likeness (QED) is 0.193. The standard InChI is InChI=1S/C37H33F3N4O2S/c38-37(39,40)28-14-12-26(13-15-28)29-8-3-4-10-31(29)35(45)43-18-16-27(17-19-43)34-41-32(24-47-34)36(46)44-22-20-42(21-23-44)33-11-5-7-25-6-1-2-9-30(25)33/h1-15,24,27H,16-23H2. The molecular formula is C37H33F3N4O2S. The molecule has 1 aromatic heterocycles. The lowest BCUT2D eigenvalue weighted by Crippen LogP contribution is -2.49. The van der Waals surface area contributed by atoms with Crippen LogP contribution in [0.3, 0.4) is 0 Å². The number of thiazole rings is 1. The minimum atomic E-state index is -4.42. The molecule has 3 heterocycles. The number of rotatable bonds is 5. The molecule has 10 heteroatoms. The van der Waals surface area contributed by atoms with Gasteiger partial charge < -0.3 is 14.7 Å². The topological polar surface area (TPSA) is 56.8 Å². The molecule has 2 amide bonds. The highest BCUT2D eigenvalue weighted by atomic mass is 32.1. The fourth-order valence-electron chi connectivity index (χ4n) is 6.63. The normalized spacial score (nSPS) is 16.1. The van der Waals surface area contributed by atoms with Crippen molar-refractivity contribution < 1.29 is 22.8 Å². The van der Waals surface area contributed by atoms with E-state index in [1.165, 1.54) is 39.9 Å². The molecule has 0 aliphatic carbocycles. The summed E-state index contributed by atoms with van der Waals surface area (Å²) in [6, 6.07) is 26.6. The van der Waals surface area contributed by atoms with Gasteiger partial charge in [0.25, 0.3) is 11.8 Å². The number of aromatic nitrogens is 1. The first-order valence-electron chi connectivity index (χ1n) is 15.8. The number of carbonyl (C=O) groups is 2. The highest BCUT2D eigenvalue weighted by Gasteiger charge is 2.31. The number of fused-ring (bicyclic) bond motifs is 1. The van der Waals surface area contributed by atoms with Gasteiger partial charge in [-0.2, -0.15) is 13.2 Å². The first-order chi connectivity index (χ1) is 22.8. The van der Waals surface area contributed by atoms with Gasteiger partial charge in [0.15, 0.2) is 0 Å². The van der Waals surface area contributed by atoms with E-state index < -0.39 is 11.7 Å². The second kappa shape index (κ2) is 12.8. The number of nitrogens with zero attached hydrogens (tertiary/aromatic N) is 4. The smallest absolute Gasteiger partial charge is 0.367 e. The fraction of sp³-hybridized carbons (Fsp3) is 0.270. The molecule has 0 bridgehead atoms. The number of carbonyl (C=O) groups excluding carboxylic acids is 2. The third-order valence-corrected chi connectivity index (χ3v) is 10.2. The Morgan fingerprint density at radius 1 is 0.723 bits per heavy atom. The van der Waals surface area contributed by atoms with Gasteiger partial charge in [-0.25, -0.2) is 4.98 Å². The van der Waals surface area contributed by atoms with Gasteiger partial charge in [-0.1, -0.05) is 66.7 Å². The number of anilines is 1. The molecule has 0 saturated carbocycles. The average Bonchev–Trinajstić information content (AvgIpc) is 3.61. The van der Waals surface area contributed by atoms with Crippen LogP contribution in [0.4, 0.5) is 18.9 Å². The van der Waals surface area contributed by atoms with Crippen molar-refractivity contribution in [3.05, 3.63) is 118 Å². The Balaban J connectivity index is 0.959. The van der Waals surface area contributed by atoms with Gasteiger partial charge in [-0.3, -0.25) is 9.59 Å². The van der Waals surface area contributed by atoms with E-state index in [9.17, 15) is 22.8 Å². The molecule has 0 atom stereocenters. The Morgan fingerprint density at radius 2 is 1.38 bits per heavy atom. The summed E-state index contributed by atoms with van der Waals surface area (Å²) in [5.41, 5.74) is 2.58. The van der Waals surface area contributed by atoms with Crippen molar-refractivity contribution in [1.82, 2.24) is 14.8 Å². The molecule has 5 aromatic rings. The number of benzene rings is 4. The monoisotopic (exact) mass is 654 g/mol. The average molecular weight is 655 g/mol. The van der Waals surface area contributed by atoms with Crippen molar-refractivity contribution in [2.75, 3.05) is 44.2 Å². The number of hydrogen-bond acceptors (Lipinski definition) is 5. The maximum absolute atomic E-state index is 13.6. The van der Waals surface area contributed by atoms with E-state index in [1.54, 1.807) is 29.2 Å². The van der Waals surface area contributed by atoms with Crippen LogP contribution >= 0.6 is 11.3 Å². The largest absolute Gasteiger partial charge is 0.416 e. The van der Waals surface area contributed by atoms with Crippen molar-refractivity contribution in [2.24, 2.45) is 0 Å². The van der Waals surface area contributed by atoms with E-state index in [1.807, 2.05) is 16.3 Å². The van der Waals surface area contributed by atoms with Crippen molar-refractivity contribution in [3.63, 3.8) is 0 Å². The van der Waals surface area contributed by atoms with Gasteiger partial charge in [-0.05, 0) is 53.6 Å². The Labute approximate surface area is 275 Å². The van der Waals surface area contributed by atoms with Crippen LogP contribution < -0.4 is 4.90 Å². The van der Waals surface area contributed by atoms with Crippen LogP contribution in [0.1, 0.15) is 50.2 Å². The minimum absolute atomic E-state index is 0.0439. The molecule has 240 valence electrons. The number of alkyl halides is 3. The Bertz CT molecular complexity index is 1900. The van der Waals surface area contributed by atoms with Crippen LogP contribution in [0, 0.1) is 0 Å². The third-order valence-electron chi connectivity index (χ3n) is 9.23. The molecule has 2 saturated heterocycles. The van der Waals surface area contributed by atoms with Gasteiger partial charge in [-0.15, -0.1) is 11.3 Å². The van der Waals surface area contributed by atoms with Gasteiger partial charge in [0.1, 0.15) is 5.69 Å². The zero-order valence-corrected chi connectivity index (χ0v) is 26.4. The maximum Gasteiger partial charge on any atom is 0.416 e. The lowest BCUT2D eigenvalue weighted by Gasteiger charge is -2.36. The molecule has 2 aliphatic rings. The number of piperazine rings is 1. The summed E-state index contributed by atoms with van der Waals surface area (Å²) in [7, 11) is 0. The Kier molecular flexibility index (Phi) is 8.44. The molecule has 0 N–H and O–H groups in total. The number of piperidine rings is 1. The van der Waals surface area contributed by atoms with Crippen LogP contribution in [-0.4, -0.2) is 65.9 Å². The summed E-state index contributed by atoms with van der Waals surface area (Å²) in [4.78, 5) is 37.8. The van der Waals surface area contributed by atoms with E-state index in [2.05, 4.69) is 41.3 Å². The zero-order valence-electron chi connectivity index (χ0n) is 25.6. The van der Waals surface area contributed by atoms with Gasteiger partial charge in [0, 0.05) is 67.2 Å². The van der Waals surface area contributed by atoms with E-state index in [-0.39, 0.29) is 17.7 Å². The number of likely N-dealkylation sites (tertiary alicyclic amines) is 1. The fourth-order valence-corrected chi connectivity index (χ4v) is 7.59. The predicted molar refractivity (Wildman–Crippen MR) is 179 cm³/mol. The SMILES string of the molecule is O=C(c1csc(C2CCN(C(=O)c3ccccc3-c3ccc(C(F)(F)F)cc3)CC2)n1)N1CCN(c2cccc3ccccc23)CC1. The van der Waals surface area contributed by atoms with Crippen molar-refractivity contribution >= 4 is 39.6 Å². The molecule has 0 spiro atoms. The lowest BCUT2D eigenvalue weighted by atomic mass is 9.94. The summed E-state index contributed by atoms with van der Waals surface area (Å²) >= 11 is 1.50. The van der Waals surface area contributed by atoms with Crippen LogP contribution in [-0.2, 0) is 6.18 Å². The van der Waals surface area contributed by atoms with Gasteiger partial charge in [0.05, 0.1) is 10.6 Å². The molecule has 2 aliphatic heterocycles. The van der Waals surface area contributed by atoms with E-state index in [0.717, 1.165) is 43.1 Å². The second-order valence-corrected chi connectivity index (χ2v) is 12.9. The van der Waals surface area contributed by atoms with Crippen LogP contribution in [0.25, 0.3) is 21.9 Å². The molecule has 6 nitrogen and oxygen atoms in total. The summed E-state index contributed by atoms with van der Waals surface area (Å²) < 4.78 is 39.2. The summed E-state index contributed by atoms with van der Waals surface area (Å²) in [5, 5.41) is 5.19. The Morgan fingerprint density at radius 3 is 2.13 bits per heavy atom. The molecule has 47 heavy (non-hydrogen) atoms. The number of hydrogen-bond donors (Lipinski definition) is 0. The molecule has 0 radical (unpaired) electrons. The van der Waals surface area contributed by atoms with Crippen LogP contribution in [0.5, 0.6) is 0 Å². The zero-order chi connectivity index (χ0) is 32.5. The molecule has 2 fully saturated rings. The molecule has 0 unspecified atom stereocenters. The van der Waals surface area contributed by atoms with Crippen molar-refractivity contribution in [3.8, 4) is 11.1 Å². The van der Waals surface area contributed by atoms with Crippen LogP contribution in [0.15, 0.2) is 96.4 Å². The predicted octanol–water partition coefficient (Wildman–Crippen LogP) is 7.96. The van der Waals surface area contributed by atoms with Gasteiger partial charge in [0.2, 0.25) is 0 Å². The van der Waals surface area contributed by atoms with E-state index >= 15 is 0 Å². The first-order valence-corrected chi connectivity index (χ1v) is 16.7. The highest BCUT2D eigenvalue weighted by molar-refractivity contribution is 7.09.